The molecule has 2 atom stereocenters. The molecule has 0 bridgehead atoms. The maximum absolute atomic E-state index is 10.1. The Bertz CT molecular complexity index is 944. The van der Waals surface area contributed by atoms with Gasteiger partial charge in [-0.2, -0.15) is 0 Å². The molecule has 34 heavy (non-hydrogen) atoms. The molecule has 6 nitrogen and oxygen atoms in total. The van der Waals surface area contributed by atoms with Crippen molar-refractivity contribution in [3.05, 3.63) is 80.8 Å². The molecule has 0 fully saturated rings. The molecule has 0 aliphatic rings. The quantitative estimate of drug-likeness (QED) is 0.223. The molecule has 4 N–H and O–H groups in total. The van der Waals surface area contributed by atoms with Gasteiger partial charge in [0.15, 0.2) is 0 Å². The summed E-state index contributed by atoms with van der Waals surface area (Å²) in [7, 11) is 0. The van der Waals surface area contributed by atoms with E-state index in [-0.39, 0.29) is 26.3 Å². The van der Waals surface area contributed by atoms with E-state index in [0.29, 0.717) is 43.0 Å². The lowest BCUT2D eigenvalue weighted by molar-refractivity contribution is 0.115. The van der Waals surface area contributed by atoms with Gasteiger partial charge in [0.2, 0.25) is 0 Å². The highest BCUT2D eigenvalue weighted by Gasteiger charge is 2.09. The van der Waals surface area contributed by atoms with Crippen LogP contribution in [0.15, 0.2) is 60.7 Å². The van der Waals surface area contributed by atoms with Gasteiger partial charge in [0.25, 0.3) is 0 Å². The number of hydrogen-bond donors (Lipinski definition) is 4. The molecule has 0 aromatic heterocycles. The first-order valence-electron chi connectivity index (χ1n) is 10.4. The third-order valence-corrected chi connectivity index (χ3v) is 5.39. The van der Waals surface area contributed by atoms with Gasteiger partial charge in [0.05, 0.1) is 0 Å². The number of aliphatic hydroxyl groups excluding tert-OH is 2. The normalized spacial score (nSPS) is 12.6. The van der Waals surface area contributed by atoms with Gasteiger partial charge in [0, 0.05) is 44.6 Å². The average molecular weight is 546 g/mol. The van der Waals surface area contributed by atoms with Crippen LogP contribution in [-0.4, -0.2) is 48.7 Å². The summed E-state index contributed by atoms with van der Waals surface area (Å²) in [6.45, 7) is 0.731. The van der Waals surface area contributed by atoms with Crippen LogP contribution < -0.4 is 20.1 Å². The van der Waals surface area contributed by atoms with Crippen molar-refractivity contribution in [2.75, 3.05) is 36.9 Å². The van der Waals surface area contributed by atoms with Gasteiger partial charge < -0.3 is 30.3 Å². The molecule has 3 aromatic carbocycles. The van der Waals surface area contributed by atoms with Gasteiger partial charge in [-0.15, -0.1) is 0 Å². The molecule has 0 saturated heterocycles. The Morgan fingerprint density at radius 1 is 0.588 bits per heavy atom. The summed E-state index contributed by atoms with van der Waals surface area (Å²) in [5.41, 5.74) is 1.43. The monoisotopic (exact) mass is 544 g/mol. The highest BCUT2D eigenvalue weighted by Crippen LogP contribution is 2.24. The maximum atomic E-state index is 10.1. The molecule has 0 radical (unpaired) electrons. The zero-order chi connectivity index (χ0) is 24.5. The number of halogens is 4. The smallest absolute Gasteiger partial charge is 0.119 e. The fourth-order valence-electron chi connectivity index (χ4n) is 2.92. The molecule has 10 heteroatoms. The van der Waals surface area contributed by atoms with Crippen LogP contribution in [0.4, 0.5) is 11.4 Å². The van der Waals surface area contributed by atoms with E-state index in [4.69, 9.17) is 55.9 Å². The SMILES string of the molecule is OC(CNc1cc(Cl)cc(Cl)c1)COc1ccc(OCC(O)CNc2cc(Cl)cc(Cl)c2)cc1. The fraction of sp³-hybridized carbons (Fsp3) is 0.250. The third-order valence-electron chi connectivity index (χ3n) is 4.52. The lowest BCUT2D eigenvalue weighted by atomic mass is 10.3. The van der Waals surface area contributed by atoms with E-state index >= 15 is 0 Å². The minimum atomic E-state index is -0.745. The van der Waals surface area contributed by atoms with Crippen LogP contribution in [0.5, 0.6) is 11.5 Å². The van der Waals surface area contributed by atoms with Crippen molar-refractivity contribution < 1.29 is 19.7 Å². The Morgan fingerprint density at radius 2 is 0.912 bits per heavy atom. The van der Waals surface area contributed by atoms with E-state index in [1.807, 2.05) is 0 Å². The molecule has 182 valence electrons. The van der Waals surface area contributed by atoms with Crippen LogP contribution in [-0.2, 0) is 0 Å². The molecular formula is C24H24Cl4N2O4. The van der Waals surface area contributed by atoms with Gasteiger partial charge in [-0.1, -0.05) is 46.4 Å². The van der Waals surface area contributed by atoms with Gasteiger partial charge in [0.1, 0.15) is 36.9 Å². The molecule has 0 heterocycles. The number of rotatable bonds is 12. The zero-order valence-electron chi connectivity index (χ0n) is 18.0. The van der Waals surface area contributed by atoms with Crippen LogP contribution in [0, 0.1) is 0 Å². The molecule has 3 aromatic rings. The second-order valence-corrected chi connectivity index (χ2v) is 9.22. The molecule has 0 aliphatic carbocycles. The minimum absolute atomic E-state index is 0.0966. The Kier molecular flexibility index (Phi) is 10.3. The summed E-state index contributed by atoms with van der Waals surface area (Å²) in [5, 5.41) is 28.5. The fourth-order valence-corrected chi connectivity index (χ4v) is 3.97. The number of nitrogens with one attached hydrogen (secondary N) is 2. The standard InChI is InChI=1S/C24H24Cl4N2O4/c25-15-5-16(26)8-19(7-15)29-11-21(31)13-33-23-1-2-24(4-3-23)34-14-22(32)12-30-20-9-17(27)6-18(28)10-20/h1-10,21-22,29-32H,11-14H2. The number of anilines is 2. The number of aliphatic hydroxyl groups is 2. The summed E-state index contributed by atoms with van der Waals surface area (Å²) in [6.07, 6.45) is -1.49. The molecule has 2 unspecified atom stereocenters. The van der Waals surface area contributed by atoms with Crippen molar-refractivity contribution in [2.45, 2.75) is 12.2 Å². The Balaban J connectivity index is 1.36. The molecule has 0 saturated carbocycles. The lowest BCUT2D eigenvalue weighted by Gasteiger charge is -2.16. The van der Waals surface area contributed by atoms with Crippen LogP contribution in [0.25, 0.3) is 0 Å². The Hall–Kier alpha value is -2.06. The Labute approximate surface area is 218 Å². The number of benzene rings is 3. The maximum Gasteiger partial charge on any atom is 0.119 e. The van der Waals surface area contributed by atoms with Crippen LogP contribution in [0.3, 0.4) is 0 Å². The second-order valence-electron chi connectivity index (χ2n) is 7.48. The molecule has 0 aliphatic heterocycles. The van der Waals surface area contributed by atoms with Crippen molar-refractivity contribution in [2.24, 2.45) is 0 Å². The van der Waals surface area contributed by atoms with Crippen molar-refractivity contribution in [1.29, 1.82) is 0 Å². The summed E-state index contributed by atoms with van der Waals surface area (Å²) in [4.78, 5) is 0. The van der Waals surface area contributed by atoms with Crippen molar-refractivity contribution in [3.63, 3.8) is 0 Å². The van der Waals surface area contributed by atoms with E-state index in [1.165, 1.54) is 0 Å². The molecule has 0 amide bonds. The summed E-state index contributed by atoms with van der Waals surface area (Å²) < 4.78 is 11.2. The molecule has 3 rings (SSSR count). The second kappa shape index (κ2) is 13.1. The minimum Gasteiger partial charge on any atom is -0.491 e. The lowest BCUT2D eigenvalue weighted by Crippen LogP contribution is -2.26. The van der Waals surface area contributed by atoms with Crippen molar-refractivity contribution in [1.82, 2.24) is 0 Å². The van der Waals surface area contributed by atoms with Crippen LogP contribution >= 0.6 is 46.4 Å². The summed E-state index contributed by atoms with van der Waals surface area (Å²) in [5.74, 6) is 1.16. The van der Waals surface area contributed by atoms with Gasteiger partial charge >= 0.3 is 0 Å². The Morgan fingerprint density at radius 3 is 1.24 bits per heavy atom. The first kappa shape index (κ1) is 26.5. The summed E-state index contributed by atoms with van der Waals surface area (Å²) in [6, 6.07) is 17.1. The topological polar surface area (TPSA) is 83.0 Å². The first-order chi connectivity index (χ1) is 16.3. The van der Waals surface area contributed by atoms with Crippen molar-refractivity contribution >= 4 is 57.8 Å². The van der Waals surface area contributed by atoms with E-state index in [2.05, 4.69) is 10.6 Å². The summed E-state index contributed by atoms with van der Waals surface area (Å²) >= 11 is 23.9. The predicted molar refractivity (Wildman–Crippen MR) is 139 cm³/mol. The highest BCUT2D eigenvalue weighted by atomic mass is 35.5. The van der Waals surface area contributed by atoms with Gasteiger partial charge in [-0.3, -0.25) is 0 Å². The number of ether oxygens (including phenoxy) is 2. The number of hydrogen-bond acceptors (Lipinski definition) is 6. The third kappa shape index (κ3) is 9.29. The van der Waals surface area contributed by atoms with Gasteiger partial charge in [-0.25, -0.2) is 0 Å². The molecular weight excluding hydrogens is 522 g/mol. The van der Waals surface area contributed by atoms with Crippen LogP contribution in [0.2, 0.25) is 20.1 Å². The average Bonchev–Trinajstić information content (AvgIpc) is 2.78. The van der Waals surface area contributed by atoms with E-state index in [0.717, 1.165) is 0 Å². The zero-order valence-corrected chi connectivity index (χ0v) is 21.0. The van der Waals surface area contributed by atoms with E-state index < -0.39 is 12.2 Å². The van der Waals surface area contributed by atoms with E-state index in [1.54, 1.807) is 60.7 Å². The highest BCUT2D eigenvalue weighted by molar-refractivity contribution is 6.35. The predicted octanol–water partition coefficient (Wildman–Crippen LogP) is 6.00. The molecule has 0 spiro atoms. The largest absolute Gasteiger partial charge is 0.491 e. The first-order valence-corrected chi connectivity index (χ1v) is 11.9. The van der Waals surface area contributed by atoms with Crippen molar-refractivity contribution in [3.8, 4) is 11.5 Å². The van der Waals surface area contributed by atoms with E-state index in [9.17, 15) is 10.2 Å². The van der Waals surface area contributed by atoms with Gasteiger partial charge in [-0.05, 0) is 60.7 Å². The van der Waals surface area contributed by atoms with Crippen LogP contribution in [0.1, 0.15) is 0 Å².